The Morgan fingerprint density at radius 1 is 0.925 bits per heavy atom. The Kier molecular flexibility index (Phi) is 9.06. The van der Waals surface area contributed by atoms with E-state index in [0.717, 1.165) is 11.1 Å². The number of methoxy groups -OCH3 is 1. The molecule has 0 spiro atoms. The Morgan fingerprint density at radius 2 is 1.57 bits per heavy atom. The van der Waals surface area contributed by atoms with Gasteiger partial charge in [-0.1, -0.05) is 24.3 Å². The van der Waals surface area contributed by atoms with Crippen molar-refractivity contribution in [2.24, 2.45) is 0 Å². The Morgan fingerprint density at radius 3 is 2.20 bits per heavy atom. The smallest absolute Gasteiger partial charge is 0.410 e. The summed E-state index contributed by atoms with van der Waals surface area (Å²) in [4.78, 5) is 38.4. The van der Waals surface area contributed by atoms with Gasteiger partial charge in [-0.2, -0.15) is 0 Å². The van der Waals surface area contributed by atoms with Gasteiger partial charge in [0.05, 0.1) is 25.8 Å². The fraction of sp³-hybridized carbons (Fsp3) is 0.323. The summed E-state index contributed by atoms with van der Waals surface area (Å²) in [6.45, 7) is 7.14. The first-order valence-corrected chi connectivity index (χ1v) is 13.0. The van der Waals surface area contributed by atoms with Gasteiger partial charge in [0.25, 0.3) is 5.91 Å². The molecule has 1 saturated heterocycles. The van der Waals surface area contributed by atoms with Crippen molar-refractivity contribution >= 4 is 23.7 Å². The van der Waals surface area contributed by atoms with Crippen LogP contribution < -0.4 is 10.1 Å². The molecule has 3 aromatic carbocycles. The average molecular weight is 547 g/mol. The highest BCUT2D eigenvalue weighted by atomic mass is 16.6. The van der Waals surface area contributed by atoms with Gasteiger partial charge >= 0.3 is 12.1 Å². The molecule has 0 bridgehead atoms. The zero-order valence-corrected chi connectivity index (χ0v) is 23.1. The van der Waals surface area contributed by atoms with Crippen LogP contribution in [0, 0.1) is 0 Å². The van der Waals surface area contributed by atoms with Crippen molar-refractivity contribution < 1.29 is 33.3 Å². The molecule has 9 heteroatoms. The van der Waals surface area contributed by atoms with E-state index in [1.54, 1.807) is 53.4 Å². The second kappa shape index (κ2) is 12.7. The number of anilines is 1. The molecule has 1 fully saturated rings. The summed E-state index contributed by atoms with van der Waals surface area (Å²) in [6.07, 6.45) is -0.625. The van der Waals surface area contributed by atoms with Crippen LogP contribution in [0.1, 0.15) is 58.7 Å². The van der Waals surface area contributed by atoms with Crippen molar-refractivity contribution in [2.45, 2.75) is 39.1 Å². The molecule has 0 saturated carbocycles. The molecule has 1 atom stereocenters. The minimum atomic E-state index is -0.557. The molecule has 210 valence electrons. The largest absolute Gasteiger partial charge is 0.489 e. The molecule has 2 amide bonds. The lowest BCUT2D eigenvalue weighted by atomic mass is 10.1. The van der Waals surface area contributed by atoms with Crippen LogP contribution in [0.4, 0.5) is 10.5 Å². The number of carbonyl (C=O) groups excluding carboxylic acids is 3. The molecular weight excluding hydrogens is 512 g/mol. The van der Waals surface area contributed by atoms with Crippen molar-refractivity contribution in [1.82, 2.24) is 4.90 Å². The van der Waals surface area contributed by atoms with Gasteiger partial charge in [0.2, 0.25) is 0 Å². The number of amides is 2. The maximum absolute atomic E-state index is 12.8. The molecule has 9 nitrogen and oxygen atoms in total. The fourth-order valence-corrected chi connectivity index (χ4v) is 4.05. The SMILES string of the molecule is COC(=O)c1ccc(COc2ccc(C(=O)Nc3ccc(C4CN(C(=O)OC(C)(C)C)CCO4)cc3)cc2)cc1. The van der Waals surface area contributed by atoms with Gasteiger partial charge in [0.1, 0.15) is 24.1 Å². The molecule has 0 aliphatic carbocycles. The quantitative estimate of drug-likeness (QED) is 0.384. The second-order valence-electron chi connectivity index (χ2n) is 10.4. The van der Waals surface area contributed by atoms with E-state index < -0.39 is 5.60 Å². The number of rotatable bonds is 7. The minimum absolute atomic E-state index is 0.247. The van der Waals surface area contributed by atoms with Crippen LogP contribution in [-0.4, -0.2) is 55.3 Å². The maximum atomic E-state index is 12.8. The molecule has 3 aromatic rings. The first-order valence-electron chi connectivity index (χ1n) is 13.0. The van der Waals surface area contributed by atoms with Crippen LogP contribution in [0.15, 0.2) is 72.8 Å². The lowest BCUT2D eigenvalue weighted by molar-refractivity contribution is -0.0432. The van der Waals surface area contributed by atoms with Gasteiger partial charge in [0.15, 0.2) is 0 Å². The molecule has 1 N–H and O–H groups in total. The normalized spacial score (nSPS) is 15.2. The second-order valence-corrected chi connectivity index (χ2v) is 10.4. The average Bonchev–Trinajstić information content (AvgIpc) is 2.96. The maximum Gasteiger partial charge on any atom is 0.410 e. The highest BCUT2D eigenvalue weighted by Gasteiger charge is 2.29. The van der Waals surface area contributed by atoms with Gasteiger partial charge in [-0.05, 0) is 80.4 Å². The van der Waals surface area contributed by atoms with Crippen LogP contribution in [0.5, 0.6) is 5.75 Å². The zero-order valence-electron chi connectivity index (χ0n) is 23.1. The van der Waals surface area contributed by atoms with E-state index >= 15 is 0 Å². The predicted octanol–water partition coefficient (Wildman–Crippen LogP) is 5.61. The molecule has 0 radical (unpaired) electrons. The number of carbonyl (C=O) groups is 3. The number of esters is 1. The number of benzene rings is 3. The van der Waals surface area contributed by atoms with Gasteiger partial charge < -0.3 is 29.2 Å². The Hall–Kier alpha value is -4.37. The van der Waals surface area contributed by atoms with Crippen molar-refractivity contribution in [3.05, 3.63) is 95.1 Å². The Labute approximate surface area is 234 Å². The summed E-state index contributed by atoms with van der Waals surface area (Å²) < 4.78 is 21.9. The van der Waals surface area contributed by atoms with Crippen LogP contribution in [0.3, 0.4) is 0 Å². The summed E-state index contributed by atoms with van der Waals surface area (Å²) in [5.41, 5.74) is 2.86. The number of morpholine rings is 1. The molecule has 1 aliphatic rings. The summed E-state index contributed by atoms with van der Waals surface area (Å²) in [5.74, 6) is -0.0179. The van der Waals surface area contributed by atoms with Crippen LogP contribution >= 0.6 is 0 Å². The molecule has 40 heavy (non-hydrogen) atoms. The number of hydrogen-bond donors (Lipinski definition) is 1. The third kappa shape index (κ3) is 7.83. The molecule has 1 aliphatic heterocycles. The van der Waals surface area contributed by atoms with Crippen LogP contribution in [0.25, 0.3) is 0 Å². The lowest BCUT2D eigenvalue weighted by Crippen LogP contribution is -2.44. The monoisotopic (exact) mass is 546 g/mol. The van der Waals surface area contributed by atoms with E-state index in [-0.39, 0.29) is 24.1 Å². The van der Waals surface area contributed by atoms with Crippen molar-refractivity contribution in [3.8, 4) is 5.75 Å². The first-order chi connectivity index (χ1) is 19.1. The predicted molar refractivity (Wildman–Crippen MR) is 149 cm³/mol. The van der Waals surface area contributed by atoms with E-state index in [1.807, 2.05) is 45.0 Å². The fourth-order valence-electron chi connectivity index (χ4n) is 4.05. The minimum Gasteiger partial charge on any atom is -0.489 e. The summed E-state index contributed by atoms with van der Waals surface area (Å²) >= 11 is 0. The molecule has 0 aromatic heterocycles. The van der Waals surface area contributed by atoms with E-state index in [2.05, 4.69) is 5.32 Å². The van der Waals surface area contributed by atoms with Crippen LogP contribution in [-0.2, 0) is 20.8 Å². The summed E-state index contributed by atoms with van der Waals surface area (Å²) in [5, 5.41) is 2.89. The standard InChI is InChI=1S/C31H34N2O7/c1-31(2,3)40-30(36)33-17-18-38-27(19-33)22-9-13-25(14-10-22)32-28(34)23-11-15-26(16-12-23)39-20-21-5-7-24(8-6-21)29(35)37-4/h5-16,27H,17-20H2,1-4H3,(H,32,34). The van der Waals surface area contributed by atoms with E-state index in [4.69, 9.17) is 18.9 Å². The number of nitrogens with zero attached hydrogens (tertiary/aromatic N) is 1. The molecular formula is C31H34N2O7. The Bertz CT molecular complexity index is 1310. The molecule has 1 unspecified atom stereocenters. The van der Waals surface area contributed by atoms with Gasteiger partial charge in [0, 0.05) is 17.8 Å². The van der Waals surface area contributed by atoms with E-state index in [1.165, 1.54) is 7.11 Å². The van der Waals surface area contributed by atoms with Crippen molar-refractivity contribution in [1.29, 1.82) is 0 Å². The van der Waals surface area contributed by atoms with Crippen molar-refractivity contribution in [2.75, 3.05) is 32.1 Å². The van der Waals surface area contributed by atoms with E-state index in [0.29, 0.717) is 48.9 Å². The van der Waals surface area contributed by atoms with Crippen LogP contribution in [0.2, 0.25) is 0 Å². The topological polar surface area (TPSA) is 103 Å². The number of hydrogen-bond acceptors (Lipinski definition) is 7. The number of ether oxygens (including phenoxy) is 4. The third-order valence-electron chi connectivity index (χ3n) is 6.16. The number of nitrogens with one attached hydrogen (secondary N) is 1. The van der Waals surface area contributed by atoms with Crippen molar-refractivity contribution in [3.63, 3.8) is 0 Å². The van der Waals surface area contributed by atoms with Gasteiger partial charge in [-0.15, -0.1) is 0 Å². The highest BCUT2D eigenvalue weighted by molar-refractivity contribution is 6.04. The third-order valence-corrected chi connectivity index (χ3v) is 6.16. The lowest BCUT2D eigenvalue weighted by Gasteiger charge is -2.34. The first kappa shape index (κ1) is 28.6. The highest BCUT2D eigenvalue weighted by Crippen LogP contribution is 2.25. The molecule has 1 heterocycles. The summed E-state index contributed by atoms with van der Waals surface area (Å²) in [6, 6.07) is 21.2. The van der Waals surface area contributed by atoms with E-state index in [9.17, 15) is 14.4 Å². The van der Waals surface area contributed by atoms with Gasteiger partial charge in [-0.3, -0.25) is 4.79 Å². The zero-order chi connectivity index (χ0) is 28.7. The Balaban J connectivity index is 1.28. The summed E-state index contributed by atoms with van der Waals surface area (Å²) in [7, 11) is 1.34. The molecule has 4 rings (SSSR count). The van der Waals surface area contributed by atoms with Gasteiger partial charge in [-0.25, -0.2) is 9.59 Å².